The molecule has 1 aliphatic heterocycles. The van der Waals surface area contributed by atoms with Crippen molar-refractivity contribution in [3.63, 3.8) is 0 Å². The number of urea groups is 1. The molecular weight excluding hydrogens is 420 g/mol. The van der Waals surface area contributed by atoms with Gasteiger partial charge in [0.05, 0.1) is 5.41 Å². The number of ether oxygens (including phenoxy) is 1. The number of para-hydroxylation sites is 1. The van der Waals surface area contributed by atoms with Gasteiger partial charge in [-0.15, -0.1) is 4.91 Å². The number of fused-ring (bicyclic) bond motifs is 1. The molecular formula is C25H24N4O4. The van der Waals surface area contributed by atoms with E-state index in [0.29, 0.717) is 12.4 Å². The lowest BCUT2D eigenvalue weighted by Crippen LogP contribution is -2.33. The molecule has 168 valence electrons. The summed E-state index contributed by atoms with van der Waals surface area (Å²) in [5.41, 5.74) is 3.63. The fourth-order valence-corrected chi connectivity index (χ4v) is 3.58. The van der Waals surface area contributed by atoms with E-state index >= 15 is 0 Å². The van der Waals surface area contributed by atoms with Gasteiger partial charge in [0, 0.05) is 40.9 Å². The molecule has 0 atom stereocenters. The van der Waals surface area contributed by atoms with Crippen molar-refractivity contribution in [2.75, 3.05) is 23.4 Å². The first-order valence-electron chi connectivity index (χ1n) is 10.6. The van der Waals surface area contributed by atoms with Crippen molar-refractivity contribution in [3.05, 3.63) is 77.3 Å². The molecule has 1 aromatic heterocycles. The Morgan fingerprint density at radius 2 is 1.85 bits per heavy atom. The molecule has 0 unspecified atom stereocenters. The van der Waals surface area contributed by atoms with E-state index in [0.717, 1.165) is 34.5 Å². The average molecular weight is 444 g/mol. The van der Waals surface area contributed by atoms with Gasteiger partial charge in [0.1, 0.15) is 6.61 Å². The van der Waals surface area contributed by atoms with Crippen LogP contribution in [-0.2, 0) is 11.2 Å². The molecule has 0 saturated heterocycles. The monoisotopic (exact) mass is 444 g/mol. The lowest BCUT2D eigenvalue weighted by atomic mass is 9.94. The molecule has 1 aliphatic rings. The Morgan fingerprint density at radius 1 is 1.09 bits per heavy atom. The number of carbonyl (C=O) groups is 2. The Hall–Kier alpha value is -4.07. The van der Waals surface area contributed by atoms with E-state index < -0.39 is 11.3 Å². The molecule has 2 aromatic carbocycles. The van der Waals surface area contributed by atoms with Crippen LogP contribution < -0.4 is 15.0 Å². The second-order valence-electron chi connectivity index (χ2n) is 8.50. The van der Waals surface area contributed by atoms with Gasteiger partial charge in [-0.25, -0.2) is 9.78 Å². The smallest absolute Gasteiger partial charge is 0.326 e. The molecule has 1 N–H and O–H groups in total. The number of hydrogen-bond acceptors (Lipinski definition) is 5. The standard InChI is InChI=1S/C25H24N4O4/c1-25(2,23(30)28-32)16-33-22-11-9-19(15-26-22)17-8-10-21-18(14-17)12-13-29(21)24(31)27-20-6-4-3-5-7-20/h3-11,14-15H,12-13,16H2,1-2H3,(H,27,31). The summed E-state index contributed by atoms with van der Waals surface area (Å²) in [7, 11) is 0. The maximum atomic E-state index is 12.7. The summed E-state index contributed by atoms with van der Waals surface area (Å²) < 4.78 is 5.57. The number of hydrogen-bond donors (Lipinski definition) is 1. The second-order valence-corrected chi connectivity index (χ2v) is 8.50. The van der Waals surface area contributed by atoms with Crippen LogP contribution in [0, 0.1) is 10.3 Å². The topological polar surface area (TPSA) is 101 Å². The number of nitrogens with one attached hydrogen (secondary N) is 1. The number of amides is 3. The minimum atomic E-state index is -1.01. The van der Waals surface area contributed by atoms with Crippen molar-refractivity contribution >= 4 is 23.3 Å². The van der Waals surface area contributed by atoms with Gasteiger partial charge in [0.25, 0.3) is 5.91 Å². The van der Waals surface area contributed by atoms with E-state index in [2.05, 4.69) is 21.5 Å². The number of anilines is 2. The largest absolute Gasteiger partial charge is 0.477 e. The molecule has 0 fully saturated rings. The average Bonchev–Trinajstić information content (AvgIpc) is 3.26. The highest BCUT2D eigenvalue weighted by Gasteiger charge is 2.30. The summed E-state index contributed by atoms with van der Waals surface area (Å²) in [5.74, 6) is -0.404. The van der Waals surface area contributed by atoms with Crippen molar-refractivity contribution in [1.82, 2.24) is 4.98 Å². The molecule has 0 aliphatic carbocycles. The van der Waals surface area contributed by atoms with E-state index in [1.165, 1.54) is 0 Å². The molecule has 0 radical (unpaired) electrons. The van der Waals surface area contributed by atoms with Gasteiger partial charge in [-0.3, -0.25) is 9.69 Å². The lowest BCUT2D eigenvalue weighted by molar-refractivity contribution is -0.127. The number of rotatable bonds is 6. The molecule has 3 aromatic rings. The third-order valence-electron chi connectivity index (χ3n) is 5.56. The Morgan fingerprint density at radius 3 is 2.55 bits per heavy atom. The first kappa shape index (κ1) is 22.1. The van der Waals surface area contributed by atoms with Crippen LogP contribution in [0.3, 0.4) is 0 Å². The maximum Gasteiger partial charge on any atom is 0.326 e. The van der Waals surface area contributed by atoms with Crippen LogP contribution in [0.4, 0.5) is 16.2 Å². The highest BCUT2D eigenvalue weighted by atomic mass is 16.5. The van der Waals surface area contributed by atoms with Crippen LogP contribution in [0.1, 0.15) is 19.4 Å². The van der Waals surface area contributed by atoms with Gasteiger partial charge in [-0.05, 0) is 61.7 Å². The zero-order chi connectivity index (χ0) is 23.4. The van der Waals surface area contributed by atoms with Crippen LogP contribution in [0.2, 0.25) is 0 Å². The molecule has 8 heteroatoms. The molecule has 4 rings (SSSR count). The summed E-state index contributed by atoms with van der Waals surface area (Å²) >= 11 is 0. The first-order valence-corrected chi connectivity index (χ1v) is 10.6. The summed E-state index contributed by atoms with van der Waals surface area (Å²) in [6.07, 6.45) is 2.46. The highest BCUT2D eigenvalue weighted by Crippen LogP contribution is 2.33. The van der Waals surface area contributed by atoms with Gasteiger partial charge in [-0.2, -0.15) is 0 Å². The van der Waals surface area contributed by atoms with Gasteiger partial charge in [0.15, 0.2) is 0 Å². The van der Waals surface area contributed by atoms with Crippen LogP contribution in [0.15, 0.2) is 72.0 Å². The number of carbonyl (C=O) groups excluding carboxylic acids is 2. The fraction of sp³-hybridized carbons (Fsp3) is 0.240. The molecule has 33 heavy (non-hydrogen) atoms. The Bertz CT molecular complexity index is 1180. The Balaban J connectivity index is 1.43. The number of pyridine rings is 1. The number of aromatic nitrogens is 1. The van der Waals surface area contributed by atoms with Crippen molar-refractivity contribution < 1.29 is 14.3 Å². The zero-order valence-corrected chi connectivity index (χ0v) is 18.4. The summed E-state index contributed by atoms with van der Waals surface area (Å²) in [5, 5.41) is 5.40. The van der Waals surface area contributed by atoms with Gasteiger partial charge in [0.2, 0.25) is 5.88 Å². The molecule has 3 amide bonds. The van der Waals surface area contributed by atoms with Crippen molar-refractivity contribution in [2.24, 2.45) is 10.6 Å². The summed E-state index contributed by atoms with van der Waals surface area (Å²) in [4.78, 5) is 40.8. The third kappa shape index (κ3) is 4.90. The Kier molecular flexibility index (Phi) is 6.17. The van der Waals surface area contributed by atoms with E-state index in [9.17, 15) is 14.5 Å². The van der Waals surface area contributed by atoms with Crippen molar-refractivity contribution in [1.29, 1.82) is 0 Å². The summed E-state index contributed by atoms with van der Waals surface area (Å²) in [6.45, 7) is 3.81. The van der Waals surface area contributed by atoms with Gasteiger partial charge < -0.3 is 10.1 Å². The zero-order valence-electron chi connectivity index (χ0n) is 18.4. The van der Waals surface area contributed by atoms with Crippen LogP contribution in [0.5, 0.6) is 5.88 Å². The van der Waals surface area contributed by atoms with E-state index in [1.807, 2.05) is 48.5 Å². The van der Waals surface area contributed by atoms with Crippen LogP contribution >= 0.6 is 0 Å². The van der Waals surface area contributed by atoms with E-state index in [4.69, 9.17) is 4.74 Å². The van der Waals surface area contributed by atoms with Gasteiger partial charge >= 0.3 is 6.03 Å². The fourth-order valence-electron chi connectivity index (χ4n) is 3.58. The Labute approximate surface area is 191 Å². The minimum absolute atomic E-state index is 0.00362. The number of nitroso groups, excluding NO2 is 1. The highest BCUT2D eigenvalue weighted by molar-refractivity contribution is 6.03. The van der Waals surface area contributed by atoms with Crippen LogP contribution in [-0.4, -0.2) is 30.1 Å². The third-order valence-corrected chi connectivity index (χ3v) is 5.56. The second kappa shape index (κ2) is 9.20. The minimum Gasteiger partial charge on any atom is -0.477 e. The molecule has 8 nitrogen and oxygen atoms in total. The predicted molar refractivity (Wildman–Crippen MR) is 126 cm³/mol. The molecule has 2 heterocycles. The predicted octanol–water partition coefficient (Wildman–Crippen LogP) is 5.04. The van der Waals surface area contributed by atoms with Gasteiger partial charge in [-0.1, -0.05) is 24.3 Å². The maximum absolute atomic E-state index is 12.7. The first-order chi connectivity index (χ1) is 15.9. The SMILES string of the molecule is CC(C)(COc1ccc(-c2ccc3c(c2)CCN3C(=O)Nc2ccccc2)cn1)C(=O)N=O. The molecule has 0 spiro atoms. The molecule has 0 saturated carbocycles. The quantitative estimate of drug-likeness (QED) is 0.537. The lowest BCUT2D eigenvalue weighted by Gasteiger charge is -2.19. The van der Waals surface area contributed by atoms with E-state index in [-0.39, 0.29) is 12.6 Å². The molecule has 0 bridgehead atoms. The summed E-state index contributed by atoms with van der Waals surface area (Å²) in [6, 6.07) is 18.8. The van der Waals surface area contributed by atoms with Crippen molar-refractivity contribution in [3.8, 4) is 17.0 Å². The number of benzene rings is 2. The van der Waals surface area contributed by atoms with Crippen molar-refractivity contribution in [2.45, 2.75) is 20.3 Å². The normalized spacial score (nSPS) is 12.7. The van der Waals surface area contributed by atoms with Crippen LogP contribution in [0.25, 0.3) is 11.1 Å². The number of nitrogens with zero attached hydrogens (tertiary/aromatic N) is 3. The van der Waals surface area contributed by atoms with E-state index in [1.54, 1.807) is 31.0 Å².